The molecule has 2 heterocycles. The van der Waals surface area contributed by atoms with Crippen LogP contribution in [0.2, 0.25) is 0 Å². The summed E-state index contributed by atoms with van der Waals surface area (Å²) in [6, 6.07) is 3.07. The lowest BCUT2D eigenvalue weighted by Crippen LogP contribution is -2.50. The first-order chi connectivity index (χ1) is 14.3. The predicted molar refractivity (Wildman–Crippen MR) is 101 cm³/mol. The minimum atomic E-state index is -4.54. The van der Waals surface area contributed by atoms with Gasteiger partial charge in [0.15, 0.2) is 0 Å². The smallest absolute Gasteiger partial charge is 0.340 e. The molecule has 1 saturated carbocycles. The summed E-state index contributed by atoms with van der Waals surface area (Å²) in [6.07, 6.45) is -0.0378. The van der Waals surface area contributed by atoms with Crippen molar-refractivity contribution in [2.24, 2.45) is 5.92 Å². The molecule has 2 aliphatic rings. The standard InChI is InChI=1S/C19H21F3N6O2/c20-19(21,22)14-3-4-16(28-12-23-11-24-28)15(9-14)25-17(29)10-26-5-7-27(8-6-26)18(30)13-1-2-13/h3-4,9,11-13H,1-2,5-8,10H2,(H,25,29). The third-order valence-electron chi connectivity index (χ3n) is 5.24. The van der Waals surface area contributed by atoms with E-state index in [1.165, 1.54) is 23.4 Å². The molecule has 0 radical (unpaired) electrons. The van der Waals surface area contributed by atoms with Gasteiger partial charge in [-0.2, -0.15) is 18.3 Å². The maximum absolute atomic E-state index is 13.1. The number of rotatable bonds is 5. The van der Waals surface area contributed by atoms with Crippen LogP contribution in [-0.2, 0) is 15.8 Å². The molecular weight excluding hydrogens is 401 g/mol. The fourth-order valence-electron chi connectivity index (χ4n) is 3.45. The highest BCUT2D eigenvalue weighted by Gasteiger charge is 2.35. The first-order valence-corrected chi connectivity index (χ1v) is 9.68. The monoisotopic (exact) mass is 422 g/mol. The molecule has 2 fully saturated rings. The van der Waals surface area contributed by atoms with Gasteiger partial charge < -0.3 is 10.2 Å². The second-order valence-corrected chi connectivity index (χ2v) is 7.49. The lowest BCUT2D eigenvalue weighted by Gasteiger charge is -2.34. The number of hydrogen-bond acceptors (Lipinski definition) is 5. The Morgan fingerprint density at radius 3 is 2.47 bits per heavy atom. The zero-order chi connectivity index (χ0) is 21.3. The third-order valence-corrected chi connectivity index (χ3v) is 5.24. The fourth-order valence-corrected chi connectivity index (χ4v) is 3.45. The minimum absolute atomic E-state index is 0.00266. The van der Waals surface area contributed by atoms with Crippen LogP contribution in [0.25, 0.3) is 5.69 Å². The predicted octanol–water partition coefficient (Wildman–Crippen LogP) is 1.78. The van der Waals surface area contributed by atoms with Gasteiger partial charge in [-0.25, -0.2) is 9.67 Å². The van der Waals surface area contributed by atoms with Crippen LogP contribution in [0.1, 0.15) is 18.4 Å². The molecule has 1 aliphatic heterocycles. The van der Waals surface area contributed by atoms with Gasteiger partial charge in [-0.05, 0) is 31.0 Å². The summed E-state index contributed by atoms with van der Waals surface area (Å²) in [5, 5.41) is 6.50. The molecular formula is C19H21F3N6O2. The molecule has 0 unspecified atom stereocenters. The van der Waals surface area contributed by atoms with Crippen LogP contribution in [0.5, 0.6) is 0 Å². The van der Waals surface area contributed by atoms with Crippen molar-refractivity contribution in [3.63, 3.8) is 0 Å². The zero-order valence-electron chi connectivity index (χ0n) is 16.1. The van der Waals surface area contributed by atoms with E-state index < -0.39 is 17.6 Å². The van der Waals surface area contributed by atoms with Crippen molar-refractivity contribution in [3.8, 4) is 5.69 Å². The summed E-state index contributed by atoms with van der Waals surface area (Å²) < 4.78 is 40.7. The number of hydrogen-bond donors (Lipinski definition) is 1. The molecule has 4 rings (SSSR count). The Morgan fingerprint density at radius 2 is 1.87 bits per heavy atom. The van der Waals surface area contributed by atoms with Crippen molar-refractivity contribution in [2.45, 2.75) is 19.0 Å². The van der Waals surface area contributed by atoms with Crippen LogP contribution < -0.4 is 5.32 Å². The van der Waals surface area contributed by atoms with Crippen molar-refractivity contribution in [3.05, 3.63) is 36.4 Å². The summed E-state index contributed by atoms with van der Waals surface area (Å²) >= 11 is 0. The van der Waals surface area contributed by atoms with Gasteiger partial charge in [-0.3, -0.25) is 14.5 Å². The normalized spacial score (nSPS) is 17.8. The van der Waals surface area contributed by atoms with E-state index >= 15 is 0 Å². The molecule has 1 aromatic heterocycles. The van der Waals surface area contributed by atoms with Crippen LogP contribution in [0, 0.1) is 5.92 Å². The van der Waals surface area contributed by atoms with E-state index in [4.69, 9.17) is 0 Å². The molecule has 1 saturated heterocycles. The minimum Gasteiger partial charge on any atom is -0.340 e. The van der Waals surface area contributed by atoms with E-state index in [0.29, 0.717) is 26.2 Å². The van der Waals surface area contributed by atoms with Crippen LogP contribution in [0.4, 0.5) is 18.9 Å². The number of aromatic nitrogens is 3. The molecule has 0 atom stereocenters. The first-order valence-electron chi connectivity index (χ1n) is 9.68. The highest BCUT2D eigenvalue weighted by Crippen LogP contribution is 2.33. The summed E-state index contributed by atoms with van der Waals surface area (Å²) in [6.45, 7) is 2.22. The van der Waals surface area contributed by atoms with E-state index in [2.05, 4.69) is 15.4 Å². The van der Waals surface area contributed by atoms with Crippen molar-refractivity contribution in [2.75, 3.05) is 38.0 Å². The third kappa shape index (κ3) is 4.61. The maximum Gasteiger partial charge on any atom is 0.416 e. The molecule has 2 amide bonds. The van der Waals surface area contributed by atoms with Crippen LogP contribution >= 0.6 is 0 Å². The van der Waals surface area contributed by atoms with Crippen LogP contribution in [0.3, 0.4) is 0 Å². The molecule has 11 heteroatoms. The lowest BCUT2D eigenvalue weighted by molar-refractivity contribution is -0.137. The average Bonchev–Trinajstić information content (AvgIpc) is 3.42. The van der Waals surface area contributed by atoms with Gasteiger partial charge in [-0.15, -0.1) is 0 Å². The van der Waals surface area contributed by atoms with Gasteiger partial charge in [0.25, 0.3) is 0 Å². The van der Waals surface area contributed by atoms with Gasteiger partial charge in [0.2, 0.25) is 11.8 Å². The molecule has 1 aliphatic carbocycles. The summed E-state index contributed by atoms with van der Waals surface area (Å²) in [4.78, 5) is 32.2. The van der Waals surface area contributed by atoms with Crippen molar-refractivity contribution in [1.29, 1.82) is 0 Å². The summed E-state index contributed by atoms with van der Waals surface area (Å²) in [7, 11) is 0. The Morgan fingerprint density at radius 1 is 1.13 bits per heavy atom. The quantitative estimate of drug-likeness (QED) is 0.794. The first kappa shape index (κ1) is 20.3. The highest BCUT2D eigenvalue weighted by atomic mass is 19.4. The van der Waals surface area contributed by atoms with E-state index in [-0.39, 0.29) is 29.7 Å². The van der Waals surface area contributed by atoms with Crippen LogP contribution in [-0.4, -0.2) is 69.1 Å². The van der Waals surface area contributed by atoms with Gasteiger partial charge in [0.05, 0.1) is 23.5 Å². The van der Waals surface area contributed by atoms with E-state index in [9.17, 15) is 22.8 Å². The lowest BCUT2D eigenvalue weighted by atomic mass is 10.1. The number of nitrogens with one attached hydrogen (secondary N) is 1. The summed E-state index contributed by atoms with van der Waals surface area (Å²) in [5.74, 6) is -0.0887. The summed E-state index contributed by atoms with van der Waals surface area (Å²) in [5.41, 5.74) is -0.578. The molecule has 0 bridgehead atoms. The van der Waals surface area contributed by atoms with Gasteiger partial charge in [0.1, 0.15) is 12.7 Å². The Hall–Kier alpha value is -2.95. The van der Waals surface area contributed by atoms with E-state index in [0.717, 1.165) is 25.0 Å². The number of alkyl halides is 3. The zero-order valence-corrected chi connectivity index (χ0v) is 16.1. The molecule has 160 valence electrons. The SMILES string of the molecule is O=C(CN1CCN(C(=O)C2CC2)CC1)Nc1cc(C(F)(F)F)ccc1-n1cncn1. The fraction of sp³-hybridized carbons (Fsp3) is 0.474. The van der Waals surface area contributed by atoms with Crippen molar-refractivity contribution < 1.29 is 22.8 Å². The molecule has 30 heavy (non-hydrogen) atoms. The van der Waals surface area contributed by atoms with Gasteiger partial charge in [0, 0.05) is 32.1 Å². The Balaban J connectivity index is 1.41. The largest absolute Gasteiger partial charge is 0.416 e. The number of anilines is 1. The van der Waals surface area contributed by atoms with E-state index in [1.807, 2.05) is 9.80 Å². The van der Waals surface area contributed by atoms with Gasteiger partial charge in [-0.1, -0.05) is 0 Å². The Labute approximate surface area is 170 Å². The van der Waals surface area contributed by atoms with Crippen molar-refractivity contribution in [1.82, 2.24) is 24.6 Å². The number of halogens is 3. The number of carbonyl (C=O) groups excluding carboxylic acids is 2. The Bertz CT molecular complexity index is 919. The second kappa shape index (κ2) is 8.05. The number of amides is 2. The van der Waals surface area contributed by atoms with E-state index in [1.54, 1.807) is 0 Å². The molecule has 2 aromatic rings. The maximum atomic E-state index is 13.1. The molecule has 1 N–H and O–H groups in total. The average molecular weight is 422 g/mol. The highest BCUT2D eigenvalue weighted by molar-refractivity contribution is 5.94. The number of benzene rings is 1. The Kier molecular flexibility index (Phi) is 5.46. The molecule has 8 nitrogen and oxygen atoms in total. The topological polar surface area (TPSA) is 83.4 Å². The molecule has 0 spiro atoms. The van der Waals surface area contributed by atoms with Crippen molar-refractivity contribution >= 4 is 17.5 Å². The van der Waals surface area contributed by atoms with Crippen LogP contribution in [0.15, 0.2) is 30.9 Å². The molecule has 1 aromatic carbocycles. The number of carbonyl (C=O) groups is 2. The number of nitrogens with zero attached hydrogens (tertiary/aromatic N) is 5. The second-order valence-electron chi connectivity index (χ2n) is 7.49. The number of piperazine rings is 1. The van der Waals surface area contributed by atoms with Gasteiger partial charge >= 0.3 is 6.18 Å².